The van der Waals surface area contributed by atoms with Crippen molar-refractivity contribution in [1.82, 2.24) is 15.1 Å². The lowest BCUT2D eigenvalue weighted by Gasteiger charge is -2.27. The monoisotopic (exact) mass is 422 g/mol. The molecule has 0 bridgehead atoms. The second kappa shape index (κ2) is 9.96. The second-order valence-corrected chi connectivity index (χ2v) is 6.91. The van der Waals surface area contributed by atoms with Crippen LogP contribution in [0.5, 0.6) is 0 Å². The smallest absolute Gasteiger partial charge is 0.193 e. The van der Waals surface area contributed by atoms with Gasteiger partial charge in [-0.3, -0.25) is 9.89 Å². The summed E-state index contributed by atoms with van der Waals surface area (Å²) in [4.78, 5) is 9.49. The molecule has 0 aromatic rings. The van der Waals surface area contributed by atoms with E-state index < -0.39 is 0 Å². The fourth-order valence-corrected chi connectivity index (χ4v) is 4.00. The molecule has 1 N–H and O–H groups in total. The molecule has 1 aliphatic heterocycles. The van der Waals surface area contributed by atoms with E-state index in [2.05, 4.69) is 40.9 Å². The molecule has 4 nitrogen and oxygen atoms in total. The Bertz CT molecular complexity index is 332. The van der Waals surface area contributed by atoms with Crippen molar-refractivity contribution in [3.8, 4) is 0 Å². The van der Waals surface area contributed by atoms with Gasteiger partial charge in [0.15, 0.2) is 5.96 Å². The molecule has 2 fully saturated rings. The Hall–Kier alpha value is -0.0400. The molecule has 5 heteroatoms. The summed E-state index contributed by atoms with van der Waals surface area (Å²) in [7, 11) is 1.92. The second-order valence-electron chi connectivity index (χ2n) is 6.91. The molecule has 1 aliphatic carbocycles. The SMILES string of the molecule is CCN(CCNC(=NC)N1CC2CCCCC2C1)C(C)C.I. The summed E-state index contributed by atoms with van der Waals surface area (Å²) in [5.41, 5.74) is 0. The predicted molar refractivity (Wildman–Crippen MR) is 106 cm³/mol. The summed E-state index contributed by atoms with van der Waals surface area (Å²) in [6.45, 7) is 12.4. The van der Waals surface area contributed by atoms with Crippen LogP contribution in [-0.2, 0) is 0 Å². The molecule has 130 valence electrons. The van der Waals surface area contributed by atoms with E-state index in [1.165, 1.54) is 38.8 Å². The number of rotatable bonds is 5. The van der Waals surface area contributed by atoms with E-state index >= 15 is 0 Å². The Morgan fingerprint density at radius 1 is 1.23 bits per heavy atom. The first kappa shape index (κ1) is 20.0. The Kier molecular flexibility index (Phi) is 9.05. The van der Waals surface area contributed by atoms with Crippen LogP contribution >= 0.6 is 24.0 Å². The molecule has 1 heterocycles. The van der Waals surface area contributed by atoms with Gasteiger partial charge in [0.05, 0.1) is 0 Å². The van der Waals surface area contributed by atoms with Gasteiger partial charge in [0.2, 0.25) is 0 Å². The molecule has 0 aromatic heterocycles. The van der Waals surface area contributed by atoms with Crippen molar-refractivity contribution >= 4 is 29.9 Å². The van der Waals surface area contributed by atoms with Gasteiger partial charge in [0, 0.05) is 39.3 Å². The highest BCUT2D eigenvalue weighted by Crippen LogP contribution is 2.35. The third-order valence-corrected chi connectivity index (χ3v) is 5.31. The van der Waals surface area contributed by atoms with Crippen molar-refractivity contribution in [2.45, 2.75) is 52.5 Å². The van der Waals surface area contributed by atoms with Crippen LogP contribution in [0.25, 0.3) is 0 Å². The summed E-state index contributed by atoms with van der Waals surface area (Å²) in [5.74, 6) is 2.95. The molecule has 0 spiro atoms. The highest BCUT2D eigenvalue weighted by atomic mass is 127. The van der Waals surface area contributed by atoms with Crippen LogP contribution in [0.15, 0.2) is 4.99 Å². The third kappa shape index (κ3) is 5.25. The number of likely N-dealkylation sites (tertiary alicyclic amines) is 1. The maximum absolute atomic E-state index is 4.51. The summed E-state index contributed by atoms with van der Waals surface area (Å²) in [5, 5.41) is 3.57. The van der Waals surface area contributed by atoms with Crippen molar-refractivity contribution in [2.75, 3.05) is 39.8 Å². The molecule has 22 heavy (non-hydrogen) atoms. The van der Waals surface area contributed by atoms with E-state index in [-0.39, 0.29) is 24.0 Å². The standard InChI is InChI=1S/C17H34N4.HI/c1-5-20(14(2)3)11-10-19-17(18-4)21-12-15-8-6-7-9-16(15)13-21;/h14-16H,5-13H2,1-4H3,(H,18,19);1H. The molecule has 2 unspecified atom stereocenters. The molecule has 0 radical (unpaired) electrons. The van der Waals surface area contributed by atoms with Gasteiger partial charge in [-0.25, -0.2) is 0 Å². The summed E-state index contributed by atoms with van der Waals surface area (Å²) < 4.78 is 0. The Morgan fingerprint density at radius 2 is 1.82 bits per heavy atom. The fraction of sp³-hybridized carbons (Fsp3) is 0.941. The first-order valence-corrected chi connectivity index (χ1v) is 8.85. The number of hydrogen-bond donors (Lipinski definition) is 1. The minimum absolute atomic E-state index is 0. The summed E-state index contributed by atoms with van der Waals surface area (Å²) in [6, 6.07) is 0.619. The van der Waals surface area contributed by atoms with Crippen molar-refractivity contribution < 1.29 is 0 Å². The number of hydrogen-bond acceptors (Lipinski definition) is 2. The molecular weight excluding hydrogens is 387 g/mol. The van der Waals surface area contributed by atoms with Gasteiger partial charge in [-0.2, -0.15) is 0 Å². The van der Waals surface area contributed by atoms with E-state index in [1.54, 1.807) is 0 Å². The first-order valence-electron chi connectivity index (χ1n) is 8.85. The van der Waals surface area contributed by atoms with Crippen LogP contribution in [0, 0.1) is 11.8 Å². The fourth-order valence-electron chi connectivity index (χ4n) is 4.00. The van der Waals surface area contributed by atoms with Crippen molar-refractivity contribution in [3.63, 3.8) is 0 Å². The average Bonchev–Trinajstić information content (AvgIpc) is 2.90. The molecule has 2 atom stereocenters. The Morgan fingerprint density at radius 3 is 2.27 bits per heavy atom. The van der Waals surface area contributed by atoms with E-state index in [4.69, 9.17) is 0 Å². The van der Waals surface area contributed by atoms with Crippen LogP contribution < -0.4 is 5.32 Å². The zero-order chi connectivity index (χ0) is 15.2. The third-order valence-electron chi connectivity index (χ3n) is 5.31. The van der Waals surface area contributed by atoms with Crippen molar-refractivity contribution in [2.24, 2.45) is 16.8 Å². The summed E-state index contributed by atoms with van der Waals surface area (Å²) >= 11 is 0. The van der Waals surface area contributed by atoms with Crippen LogP contribution in [0.4, 0.5) is 0 Å². The molecule has 2 rings (SSSR count). The van der Waals surface area contributed by atoms with Crippen LogP contribution in [0.2, 0.25) is 0 Å². The molecule has 0 amide bonds. The Balaban J connectivity index is 0.00000242. The van der Waals surface area contributed by atoms with Gasteiger partial charge in [-0.15, -0.1) is 24.0 Å². The van der Waals surface area contributed by atoms with Crippen LogP contribution in [0.3, 0.4) is 0 Å². The molecule has 1 saturated heterocycles. The van der Waals surface area contributed by atoms with Crippen molar-refractivity contribution in [1.29, 1.82) is 0 Å². The van der Waals surface area contributed by atoms with Gasteiger partial charge < -0.3 is 10.2 Å². The molecular formula is C17H35IN4. The lowest BCUT2D eigenvalue weighted by Crippen LogP contribution is -2.44. The zero-order valence-electron chi connectivity index (χ0n) is 14.8. The van der Waals surface area contributed by atoms with Crippen molar-refractivity contribution in [3.05, 3.63) is 0 Å². The minimum Gasteiger partial charge on any atom is -0.355 e. The first-order chi connectivity index (χ1) is 10.2. The van der Waals surface area contributed by atoms with E-state index in [0.29, 0.717) is 6.04 Å². The van der Waals surface area contributed by atoms with E-state index in [9.17, 15) is 0 Å². The number of halogens is 1. The normalized spacial score (nSPS) is 25.4. The number of guanidine groups is 1. The van der Waals surface area contributed by atoms with Gasteiger partial charge >= 0.3 is 0 Å². The zero-order valence-corrected chi connectivity index (χ0v) is 17.2. The van der Waals surface area contributed by atoms with Gasteiger partial charge in [0.25, 0.3) is 0 Å². The number of aliphatic imine (C=N–C) groups is 1. The highest BCUT2D eigenvalue weighted by Gasteiger charge is 2.35. The average molecular weight is 422 g/mol. The maximum Gasteiger partial charge on any atom is 0.193 e. The highest BCUT2D eigenvalue weighted by molar-refractivity contribution is 14.0. The lowest BCUT2D eigenvalue weighted by atomic mass is 9.82. The van der Waals surface area contributed by atoms with E-state index in [1.807, 2.05) is 7.05 Å². The number of fused-ring (bicyclic) bond motifs is 1. The largest absolute Gasteiger partial charge is 0.355 e. The number of nitrogens with zero attached hydrogens (tertiary/aromatic N) is 3. The quantitative estimate of drug-likeness (QED) is 0.420. The predicted octanol–water partition coefficient (Wildman–Crippen LogP) is 3.03. The maximum atomic E-state index is 4.51. The van der Waals surface area contributed by atoms with Crippen LogP contribution in [-0.4, -0.2) is 61.6 Å². The van der Waals surface area contributed by atoms with Crippen LogP contribution in [0.1, 0.15) is 46.5 Å². The Labute approximate surface area is 154 Å². The number of nitrogens with one attached hydrogen (secondary N) is 1. The minimum atomic E-state index is 0. The molecule has 1 saturated carbocycles. The van der Waals surface area contributed by atoms with Gasteiger partial charge in [-0.1, -0.05) is 19.8 Å². The summed E-state index contributed by atoms with van der Waals surface area (Å²) in [6.07, 6.45) is 5.71. The molecule has 0 aromatic carbocycles. The molecule has 2 aliphatic rings. The van der Waals surface area contributed by atoms with Gasteiger partial charge in [-0.05, 0) is 45.1 Å². The lowest BCUT2D eigenvalue weighted by molar-refractivity contribution is 0.236. The number of likely N-dealkylation sites (N-methyl/N-ethyl adjacent to an activating group) is 1. The topological polar surface area (TPSA) is 30.9 Å². The van der Waals surface area contributed by atoms with E-state index in [0.717, 1.165) is 37.4 Å². The van der Waals surface area contributed by atoms with Gasteiger partial charge in [0.1, 0.15) is 0 Å².